The van der Waals surface area contributed by atoms with E-state index < -0.39 is 63.9 Å². The summed E-state index contributed by atoms with van der Waals surface area (Å²) in [5.41, 5.74) is 2.08. The molecule has 5 rings (SSSR count). The van der Waals surface area contributed by atoms with Crippen molar-refractivity contribution in [2.75, 3.05) is 27.2 Å². The smallest absolute Gasteiger partial charge is 0.255 e. The number of benzene rings is 1. The molecule has 11 heteroatoms. The van der Waals surface area contributed by atoms with Gasteiger partial charge in [-0.15, -0.1) is 0 Å². The normalized spacial score (nSPS) is 29.3. The monoisotopic (exact) mass is 529 g/mol. The van der Waals surface area contributed by atoms with E-state index in [4.69, 9.17) is 5.73 Å². The minimum Gasteiger partial charge on any atom is -0.508 e. The number of aliphatic hydroxyl groups excluding tert-OH is 2. The van der Waals surface area contributed by atoms with Crippen molar-refractivity contribution in [2.24, 2.45) is 17.6 Å². The summed E-state index contributed by atoms with van der Waals surface area (Å²) in [6, 6.07) is -1.18. The highest BCUT2D eigenvalue weighted by molar-refractivity contribution is 6.24. The van der Waals surface area contributed by atoms with E-state index in [1.807, 2.05) is 6.92 Å². The van der Waals surface area contributed by atoms with E-state index in [1.165, 1.54) is 19.0 Å². The predicted octanol–water partition coefficient (Wildman–Crippen LogP) is 0.871. The maximum Gasteiger partial charge on any atom is 0.255 e. The molecule has 1 aliphatic heterocycles. The van der Waals surface area contributed by atoms with Crippen molar-refractivity contribution >= 4 is 23.2 Å². The van der Waals surface area contributed by atoms with Crippen molar-refractivity contribution in [1.29, 1.82) is 0 Å². The molecule has 0 spiro atoms. The van der Waals surface area contributed by atoms with Crippen LogP contribution in [0.5, 0.6) is 5.75 Å². The number of rotatable bonds is 4. The number of halogens is 1. The summed E-state index contributed by atoms with van der Waals surface area (Å²) in [4.78, 5) is 42.6. The zero-order valence-corrected chi connectivity index (χ0v) is 21.5. The van der Waals surface area contributed by atoms with Crippen LogP contribution in [0.3, 0.4) is 0 Å². The van der Waals surface area contributed by atoms with Crippen molar-refractivity contribution in [3.63, 3.8) is 0 Å². The van der Waals surface area contributed by atoms with Gasteiger partial charge < -0.3 is 26.2 Å². The van der Waals surface area contributed by atoms with Crippen LogP contribution in [0, 0.1) is 17.7 Å². The van der Waals surface area contributed by atoms with E-state index in [9.17, 15) is 34.8 Å². The van der Waals surface area contributed by atoms with Gasteiger partial charge >= 0.3 is 0 Å². The molecule has 10 nitrogen and oxygen atoms in total. The maximum absolute atomic E-state index is 16.0. The van der Waals surface area contributed by atoms with Crippen LogP contribution in [0.25, 0.3) is 5.76 Å². The molecule has 1 heterocycles. The minimum atomic E-state index is -2.71. The lowest BCUT2D eigenvalue weighted by Gasteiger charge is -2.50. The first kappa shape index (κ1) is 26.3. The first-order valence-corrected chi connectivity index (χ1v) is 12.8. The van der Waals surface area contributed by atoms with E-state index in [-0.39, 0.29) is 35.3 Å². The molecule has 0 aromatic heterocycles. The summed E-state index contributed by atoms with van der Waals surface area (Å²) in [6.45, 7) is 3.71. The molecule has 0 radical (unpaired) electrons. The van der Waals surface area contributed by atoms with Gasteiger partial charge in [-0.05, 0) is 52.2 Å². The van der Waals surface area contributed by atoms with Crippen LogP contribution in [-0.4, -0.2) is 86.5 Å². The second kappa shape index (κ2) is 8.89. The van der Waals surface area contributed by atoms with E-state index in [2.05, 4.69) is 4.90 Å². The summed E-state index contributed by atoms with van der Waals surface area (Å²) in [7, 11) is 3.05. The Morgan fingerprint density at radius 2 is 1.87 bits per heavy atom. The fraction of sp³-hybridized carbons (Fsp3) is 0.519. The van der Waals surface area contributed by atoms with Gasteiger partial charge in [-0.2, -0.15) is 0 Å². The number of ketones is 2. The Morgan fingerprint density at radius 1 is 1.18 bits per heavy atom. The summed E-state index contributed by atoms with van der Waals surface area (Å²) < 4.78 is 16.0. The standard InChI is InChI=1S/C27H32FN3O7/c1-4-6-31-7-5-12-14(10-31)19(28)13-8-11-9-15-20(30(2)3)23(34)18(26(29)37)25(36)27(15,38)24(35)16(11)22(33)17(13)21(12)32/h11,15,20,32-33,36,38H,4-10H2,1-3H3,(H2,29,37)/t11-,15-,20-,27-/m0/s1. The molecule has 1 fully saturated rings. The average Bonchev–Trinajstić information content (AvgIpc) is 2.84. The van der Waals surface area contributed by atoms with Crippen LogP contribution < -0.4 is 5.73 Å². The van der Waals surface area contributed by atoms with E-state index in [1.54, 1.807) is 0 Å². The largest absolute Gasteiger partial charge is 0.508 e. The number of carbonyl (C=O) groups excluding carboxylic acids is 3. The predicted molar refractivity (Wildman–Crippen MR) is 133 cm³/mol. The number of amides is 1. The Balaban J connectivity index is 1.70. The topological polar surface area (TPSA) is 165 Å². The van der Waals surface area contributed by atoms with Crippen LogP contribution >= 0.6 is 0 Å². The van der Waals surface area contributed by atoms with Gasteiger partial charge in [0.1, 0.15) is 28.7 Å². The van der Waals surface area contributed by atoms with E-state index in [0.717, 1.165) is 13.0 Å². The third-order valence-electron chi connectivity index (χ3n) is 8.63. The van der Waals surface area contributed by atoms with E-state index >= 15 is 4.39 Å². The lowest BCUT2D eigenvalue weighted by Crippen LogP contribution is -2.65. The molecule has 4 aliphatic rings. The molecule has 0 saturated heterocycles. The first-order chi connectivity index (χ1) is 17.9. The molecule has 0 unspecified atom stereocenters. The second-order valence-electron chi connectivity index (χ2n) is 11.0. The Hall–Kier alpha value is -3.28. The highest BCUT2D eigenvalue weighted by atomic mass is 19.1. The summed E-state index contributed by atoms with van der Waals surface area (Å²) in [5.74, 6) is -7.90. The fourth-order valence-corrected chi connectivity index (χ4v) is 6.95. The number of phenols is 1. The van der Waals surface area contributed by atoms with Gasteiger partial charge in [0.05, 0.1) is 11.6 Å². The van der Waals surface area contributed by atoms with Gasteiger partial charge in [0.15, 0.2) is 11.4 Å². The molecule has 1 aromatic rings. The number of hydrogen-bond donors (Lipinski definition) is 5. The first-order valence-electron chi connectivity index (χ1n) is 12.8. The molecule has 204 valence electrons. The number of aliphatic hydroxyl groups is 3. The van der Waals surface area contributed by atoms with Crippen molar-refractivity contribution in [1.82, 2.24) is 9.80 Å². The molecule has 38 heavy (non-hydrogen) atoms. The molecule has 1 aromatic carbocycles. The number of fused-ring (bicyclic) bond motifs is 4. The van der Waals surface area contributed by atoms with Gasteiger partial charge in [-0.3, -0.25) is 24.2 Å². The van der Waals surface area contributed by atoms with E-state index in [0.29, 0.717) is 30.6 Å². The lowest BCUT2D eigenvalue weighted by molar-refractivity contribution is -0.153. The Labute approximate surface area is 218 Å². The SMILES string of the molecule is CCCN1CCc2c(O)c3c(c(F)c2C1)C[C@H]1C[C@H]2[C@H](N(C)C)C(=O)C(C(N)=O)=C(O)[C@@]2(O)C(=O)C1=C3O. The molecule has 1 saturated carbocycles. The number of nitrogens with two attached hydrogens (primary N) is 1. The summed E-state index contributed by atoms with van der Waals surface area (Å²) >= 11 is 0. The van der Waals surface area contributed by atoms with Crippen molar-refractivity contribution in [2.45, 2.75) is 50.8 Å². The minimum absolute atomic E-state index is 0.0605. The van der Waals surface area contributed by atoms with Crippen molar-refractivity contribution in [3.8, 4) is 5.75 Å². The fourth-order valence-electron chi connectivity index (χ4n) is 6.95. The maximum atomic E-state index is 16.0. The highest BCUT2D eigenvalue weighted by Crippen LogP contribution is 2.53. The molecule has 0 bridgehead atoms. The van der Waals surface area contributed by atoms with Gasteiger partial charge in [0, 0.05) is 41.3 Å². The van der Waals surface area contributed by atoms with Gasteiger partial charge in [0.2, 0.25) is 5.78 Å². The number of phenolic OH excluding ortho intramolecular Hbond substituents is 1. The summed E-state index contributed by atoms with van der Waals surface area (Å²) in [6.07, 6.45) is 1.11. The lowest BCUT2D eigenvalue weighted by atomic mass is 9.57. The van der Waals surface area contributed by atoms with Crippen LogP contribution in [-0.2, 0) is 33.8 Å². The third-order valence-corrected chi connectivity index (χ3v) is 8.63. The number of hydrogen-bond acceptors (Lipinski definition) is 9. The van der Waals surface area contributed by atoms with Gasteiger partial charge in [0.25, 0.3) is 5.91 Å². The number of primary amides is 1. The Morgan fingerprint density at radius 3 is 2.47 bits per heavy atom. The highest BCUT2D eigenvalue weighted by Gasteiger charge is 2.64. The number of likely N-dealkylation sites (N-methyl/N-ethyl adjacent to an activating group) is 1. The molecular formula is C27H32FN3O7. The Bertz CT molecular complexity index is 1350. The molecule has 3 aliphatic carbocycles. The van der Waals surface area contributed by atoms with Crippen LogP contribution in [0.4, 0.5) is 4.39 Å². The van der Waals surface area contributed by atoms with Crippen LogP contribution in [0.1, 0.15) is 42.0 Å². The molecule has 4 atom stereocenters. The Kier molecular flexibility index (Phi) is 6.16. The quantitative estimate of drug-likeness (QED) is 0.356. The average molecular weight is 530 g/mol. The number of carbonyl (C=O) groups is 3. The number of aromatic hydroxyl groups is 1. The number of nitrogens with zero attached hydrogens (tertiary/aromatic N) is 2. The van der Waals surface area contributed by atoms with Crippen LogP contribution in [0.15, 0.2) is 16.9 Å². The van der Waals surface area contributed by atoms with Crippen molar-refractivity contribution < 1.29 is 39.2 Å². The van der Waals surface area contributed by atoms with Crippen molar-refractivity contribution in [3.05, 3.63) is 45.0 Å². The van der Waals surface area contributed by atoms with Crippen LogP contribution in [0.2, 0.25) is 0 Å². The molecular weight excluding hydrogens is 497 g/mol. The number of Topliss-reactive ketones (excluding diaryl/α,β-unsaturated/α-hetero) is 2. The molecule has 6 N–H and O–H groups in total. The zero-order valence-electron chi connectivity index (χ0n) is 21.5. The molecule has 1 amide bonds. The zero-order chi connectivity index (χ0) is 27.8. The second-order valence-corrected chi connectivity index (χ2v) is 11.0. The summed E-state index contributed by atoms with van der Waals surface area (Å²) in [5, 5.41) is 45.0. The third kappa shape index (κ3) is 3.38. The van der Waals surface area contributed by atoms with Gasteiger partial charge in [-0.1, -0.05) is 6.92 Å². The van der Waals surface area contributed by atoms with Gasteiger partial charge in [-0.25, -0.2) is 4.39 Å².